The van der Waals surface area contributed by atoms with Crippen LogP contribution in [0.5, 0.6) is 5.75 Å². The van der Waals surface area contributed by atoms with E-state index in [2.05, 4.69) is 4.74 Å². The minimum Gasteiger partial charge on any atom is -0.432 e. The second-order valence-electron chi connectivity index (χ2n) is 4.70. The van der Waals surface area contributed by atoms with Crippen LogP contribution < -0.4 is 4.74 Å². The Morgan fingerprint density at radius 1 is 0.947 bits per heavy atom. The Labute approximate surface area is 107 Å². The zero-order valence-electron chi connectivity index (χ0n) is 10.1. The normalized spacial score (nSPS) is 17.5. The summed E-state index contributed by atoms with van der Waals surface area (Å²) in [6.07, 6.45) is -0.645. The van der Waals surface area contributed by atoms with E-state index in [0.717, 1.165) is 6.42 Å². The average molecular weight is 280 g/mol. The molecule has 1 aliphatic carbocycles. The van der Waals surface area contributed by atoms with E-state index in [0.29, 0.717) is 37.8 Å². The van der Waals surface area contributed by atoms with E-state index in [9.17, 15) is 22.0 Å². The van der Waals surface area contributed by atoms with Gasteiger partial charge in [-0.05, 0) is 12.8 Å². The molecular weight excluding hydrogens is 267 g/mol. The van der Waals surface area contributed by atoms with Crippen LogP contribution in [0.2, 0.25) is 0 Å². The topological polar surface area (TPSA) is 9.23 Å². The minimum absolute atomic E-state index is 0.305. The lowest BCUT2D eigenvalue weighted by Crippen LogP contribution is -2.36. The second kappa shape index (κ2) is 5.35. The van der Waals surface area contributed by atoms with E-state index in [-0.39, 0.29) is 0 Å². The molecule has 0 atom stereocenters. The zero-order chi connectivity index (χ0) is 14.0. The summed E-state index contributed by atoms with van der Waals surface area (Å²) in [7, 11) is 0. The van der Waals surface area contributed by atoms with Crippen molar-refractivity contribution < 1.29 is 26.7 Å². The highest BCUT2D eigenvalue weighted by Crippen LogP contribution is 2.38. The van der Waals surface area contributed by atoms with Crippen molar-refractivity contribution in [3.63, 3.8) is 0 Å². The van der Waals surface area contributed by atoms with E-state index >= 15 is 0 Å². The van der Waals surface area contributed by atoms with Crippen molar-refractivity contribution >= 4 is 0 Å². The maximum absolute atomic E-state index is 13.8. The Morgan fingerprint density at radius 3 is 2.00 bits per heavy atom. The van der Waals surface area contributed by atoms with Crippen LogP contribution in [0, 0.1) is 23.4 Å². The highest BCUT2D eigenvalue weighted by Gasteiger charge is 2.42. The molecule has 0 bridgehead atoms. The fraction of sp³-hybridized carbons (Fsp3) is 0.538. The third kappa shape index (κ3) is 3.16. The molecule has 1 aromatic rings. The highest BCUT2D eigenvalue weighted by molar-refractivity contribution is 5.25. The third-order valence-electron chi connectivity index (χ3n) is 3.29. The monoisotopic (exact) mass is 280 g/mol. The SMILES string of the molecule is Fc1cc(OC(F)(F)C2CCCCC2)cc(F)c1F. The van der Waals surface area contributed by atoms with Crippen molar-refractivity contribution in [1.82, 2.24) is 0 Å². The van der Waals surface area contributed by atoms with Crippen molar-refractivity contribution in [3.05, 3.63) is 29.6 Å². The van der Waals surface area contributed by atoms with Gasteiger partial charge >= 0.3 is 6.11 Å². The van der Waals surface area contributed by atoms with Crippen molar-refractivity contribution in [3.8, 4) is 5.75 Å². The van der Waals surface area contributed by atoms with E-state index in [1.807, 2.05) is 0 Å². The van der Waals surface area contributed by atoms with Crippen molar-refractivity contribution in [1.29, 1.82) is 0 Å². The van der Waals surface area contributed by atoms with Crippen LogP contribution >= 0.6 is 0 Å². The number of hydrogen-bond acceptors (Lipinski definition) is 1. The molecule has 1 aromatic carbocycles. The number of halogens is 5. The Kier molecular flexibility index (Phi) is 3.96. The predicted molar refractivity (Wildman–Crippen MR) is 58.5 cm³/mol. The Balaban J connectivity index is 2.15. The summed E-state index contributed by atoms with van der Waals surface area (Å²) in [5.41, 5.74) is 0. The van der Waals surface area contributed by atoms with Crippen LogP contribution in [-0.2, 0) is 0 Å². The summed E-state index contributed by atoms with van der Waals surface area (Å²) >= 11 is 0. The molecule has 1 fully saturated rings. The summed E-state index contributed by atoms with van der Waals surface area (Å²) < 4.78 is 70.5. The molecule has 2 rings (SSSR count). The standard InChI is InChI=1S/C13H13F5O/c14-10-6-9(7-11(15)12(10)16)19-13(17,18)8-4-2-1-3-5-8/h6-8H,1-5H2. The van der Waals surface area contributed by atoms with Gasteiger partial charge in [0.25, 0.3) is 0 Å². The quantitative estimate of drug-likeness (QED) is 0.578. The van der Waals surface area contributed by atoms with Crippen molar-refractivity contribution in [2.75, 3.05) is 0 Å². The summed E-state index contributed by atoms with van der Waals surface area (Å²) in [6, 6.07) is 0.851. The van der Waals surface area contributed by atoms with Crippen LogP contribution in [0.1, 0.15) is 32.1 Å². The number of hydrogen-bond donors (Lipinski definition) is 0. The van der Waals surface area contributed by atoms with Crippen LogP contribution in [0.25, 0.3) is 0 Å². The lowest BCUT2D eigenvalue weighted by Gasteiger charge is -2.29. The molecule has 0 spiro atoms. The molecule has 1 saturated carbocycles. The Hall–Kier alpha value is -1.33. The van der Waals surface area contributed by atoms with Crippen LogP contribution in [0.4, 0.5) is 22.0 Å². The summed E-state index contributed by atoms with van der Waals surface area (Å²) in [5.74, 6) is -6.47. The van der Waals surface area contributed by atoms with Crippen LogP contribution in [0.3, 0.4) is 0 Å². The van der Waals surface area contributed by atoms with E-state index < -0.39 is 35.2 Å². The fourth-order valence-electron chi connectivity index (χ4n) is 2.27. The third-order valence-corrected chi connectivity index (χ3v) is 3.29. The zero-order valence-corrected chi connectivity index (χ0v) is 10.1. The van der Waals surface area contributed by atoms with Gasteiger partial charge in [-0.2, -0.15) is 8.78 Å². The van der Waals surface area contributed by atoms with E-state index in [4.69, 9.17) is 0 Å². The maximum atomic E-state index is 13.8. The van der Waals surface area contributed by atoms with Gasteiger partial charge in [0.2, 0.25) is 0 Å². The Bertz CT molecular complexity index is 431. The first-order chi connectivity index (χ1) is 8.90. The van der Waals surface area contributed by atoms with Crippen molar-refractivity contribution in [2.45, 2.75) is 38.2 Å². The average Bonchev–Trinajstić information content (AvgIpc) is 2.36. The predicted octanol–water partition coefficient (Wildman–Crippen LogP) is 4.66. The smallest absolute Gasteiger partial charge is 0.400 e. The molecule has 0 radical (unpaired) electrons. The minimum atomic E-state index is -3.50. The lowest BCUT2D eigenvalue weighted by atomic mass is 9.88. The summed E-state index contributed by atoms with van der Waals surface area (Å²) in [5, 5.41) is 0. The molecule has 0 amide bonds. The van der Waals surface area contributed by atoms with Gasteiger partial charge in [0.1, 0.15) is 5.75 Å². The molecule has 106 valence electrons. The second-order valence-corrected chi connectivity index (χ2v) is 4.70. The maximum Gasteiger partial charge on any atom is 0.400 e. The van der Waals surface area contributed by atoms with Crippen LogP contribution in [-0.4, -0.2) is 6.11 Å². The number of ether oxygens (including phenoxy) is 1. The van der Waals surface area contributed by atoms with Gasteiger partial charge in [-0.15, -0.1) is 0 Å². The van der Waals surface area contributed by atoms with Crippen molar-refractivity contribution in [2.24, 2.45) is 5.92 Å². The molecular formula is C13H13F5O. The van der Waals surface area contributed by atoms with E-state index in [1.54, 1.807) is 0 Å². The van der Waals surface area contributed by atoms with E-state index in [1.165, 1.54) is 0 Å². The number of alkyl halides is 2. The van der Waals surface area contributed by atoms with Gasteiger partial charge < -0.3 is 4.74 Å². The van der Waals surface area contributed by atoms with Gasteiger partial charge in [0.05, 0.1) is 5.92 Å². The Morgan fingerprint density at radius 2 is 1.47 bits per heavy atom. The first kappa shape index (κ1) is 14.1. The molecule has 0 N–H and O–H groups in total. The first-order valence-corrected chi connectivity index (χ1v) is 6.11. The van der Waals surface area contributed by atoms with Crippen LogP contribution in [0.15, 0.2) is 12.1 Å². The molecule has 1 aliphatic rings. The lowest BCUT2D eigenvalue weighted by molar-refractivity contribution is -0.222. The molecule has 0 saturated heterocycles. The highest BCUT2D eigenvalue weighted by atomic mass is 19.3. The molecule has 0 aliphatic heterocycles. The van der Waals surface area contributed by atoms with Gasteiger partial charge in [0.15, 0.2) is 17.5 Å². The fourth-order valence-corrected chi connectivity index (χ4v) is 2.27. The molecule has 0 unspecified atom stereocenters. The molecule has 1 nitrogen and oxygen atoms in total. The van der Waals surface area contributed by atoms with Gasteiger partial charge in [-0.1, -0.05) is 19.3 Å². The first-order valence-electron chi connectivity index (χ1n) is 6.11. The molecule has 0 aromatic heterocycles. The number of rotatable bonds is 3. The van der Waals surface area contributed by atoms with Gasteiger partial charge in [-0.25, -0.2) is 13.2 Å². The molecule has 0 heterocycles. The number of benzene rings is 1. The van der Waals surface area contributed by atoms with Gasteiger partial charge in [-0.3, -0.25) is 0 Å². The largest absolute Gasteiger partial charge is 0.432 e. The molecule has 19 heavy (non-hydrogen) atoms. The molecule has 6 heteroatoms. The summed E-state index contributed by atoms with van der Waals surface area (Å²) in [6.45, 7) is 0. The van der Waals surface area contributed by atoms with Gasteiger partial charge in [0, 0.05) is 12.1 Å². The summed E-state index contributed by atoms with van der Waals surface area (Å²) in [4.78, 5) is 0.